The molecule has 0 saturated carbocycles. The van der Waals surface area contributed by atoms with Gasteiger partial charge in [0, 0.05) is 32.3 Å². The Morgan fingerprint density at radius 3 is 2.40 bits per heavy atom. The number of para-hydroxylation sites is 1. The number of likely N-dealkylation sites (tertiary alicyclic amines) is 1. The van der Waals surface area contributed by atoms with Gasteiger partial charge in [-0.25, -0.2) is 18.3 Å². The van der Waals surface area contributed by atoms with Gasteiger partial charge in [0.2, 0.25) is 0 Å². The SMILES string of the molecule is CC.COCCN1CCC(c2cc(F)cc(F)c2)C1.Cc1cc(NC(N)=O)n(-c2ccccc2)n1. The van der Waals surface area contributed by atoms with Crippen LogP contribution in [-0.2, 0) is 4.74 Å². The smallest absolute Gasteiger partial charge is 0.317 e. The molecule has 190 valence electrons. The van der Waals surface area contributed by atoms with Gasteiger partial charge in [-0.3, -0.25) is 5.32 Å². The van der Waals surface area contributed by atoms with E-state index in [2.05, 4.69) is 15.3 Å². The Balaban J connectivity index is 0.000000231. The van der Waals surface area contributed by atoms with Crippen molar-refractivity contribution in [3.63, 3.8) is 0 Å². The number of carbonyl (C=O) groups excluding carboxylic acids is 1. The number of anilines is 1. The van der Waals surface area contributed by atoms with E-state index in [1.165, 1.54) is 12.1 Å². The fourth-order valence-electron chi connectivity index (χ4n) is 3.82. The number of methoxy groups -OCH3 is 1. The molecule has 2 heterocycles. The second-order valence-corrected chi connectivity index (χ2v) is 7.89. The Morgan fingerprint density at radius 1 is 1.14 bits per heavy atom. The maximum absolute atomic E-state index is 13.1. The van der Waals surface area contributed by atoms with Crippen molar-refractivity contribution in [3.05, 3.63) is 77.5 Å². The summed E-state index contributed by atoms with van der Waals surface area (Å²) in [6, 6.07) is 14.5. The number of urea groups is 1. The molecule has 2 aromatic carbocycles. The molecule has 3 aromatic rings. The van der Waals surface area contributed by atoms with Crippen LogP contribution >= 0.6 is 0 Å². The Kier molecular flexibility index (Phi) is 11.3. The number of hydrogen-bond donors (Lipinski definition) is 2. The maximum atomic E-state index is 13.1. The van der Waals surface area contributed by atoms with Crippen molar-refractivity contribution in [2.75, 3.05) is 38.7 Å². The monoisotopic (exact) mass is 487 g/mol. The molecule has 3 N–H and O–H groups in total. The number of nitrogens with two attached hydrogens (primary N) is 1. The zero-order valence-corrected chi connectivity index (χ0v) is 20.8. The lowest BCUT2D eigenvalue weighted by molar-refractivity contribution is 0.160. The lowest BCUT2D eigenvalue weighted by Gasteiger charge is -2.15. The molecule has 1 atom stereocenters. The molecule has 0 spiro atoms. The Bertz CT molecular complexity index is 1040. The van der Waals surface area contributed by atoms with Crippen LogP contribution in [0.25, 0.3) is 5.69 Å². The van der Waals surface area contributed by atoms with Crippen molar-refractivity contribution >= 4 is 11.8 Å². The van der Waals surface area contributed by atoms with Crippen LogP contribution in [0.2, 0.25) is 0 Å². The van der Waals surface area contributed by atoms with Gasteiger partial charge < -0.3 is 15.4 Å². The molecule has 7 nitrogen and oxygen atoms in total. The van der Waals surface area contributed by atoms with Crippen LogP contribution in [0.15, 0.2) is 54.6 Å². The number of primary amides is 1. The van der Waals surface area contributed by atoms with Gasteiger partial charge in [-0.1, -0.05) is 32.0 Å². The van der Waals surface area contributed by atoms with Crippen LogP contribution in [0.1, 0.15) is 37.4 Å². The molecule has 0 aliphatic carbocycles. The van der Waals surface area contributed by atoms with E-state index in [1.54, 1.807) is 17.9 Å². The van der Waals surface area contributed by atoms with Crippen LogP contribution in [0, 0.1) is 18.6 Å². The molecule has 1 aliphatic rings. The maximum Gasteiger partial charge on any atom is 0.317 e. The number of aromatic nitrogens is 2. The molecule has 35 heavy (non-hydrogen) atoms. The van der Waals surface area contributed by atoms with Gasteiger partial charge in [-0.2, -0.15) is 5.10 Å². The lowest BCUT2D eigenvalue weighted by Crippen LogP contribution is -2.24. The van der Waals surface area contributed by atoms with E-state index in [9.17, 15) is 13.6 Å². The summed E-state index contributed by atoms with van der Waals surface area (Å²) in [6.07, 6.45) is 0.951. The first-order valence-corrected chi connectivity index (χ1v) is 11.7. The number of rotatable bonds is 6. The molecule has 1 saturated heterocycles. The van der Waals surface area contributed by atoms with Gasteiger partial charge >= 0.3 is 6.03 Å². The number of halogens is 2. The minimum Gasteiger partial charge on any atom is -0.383 e. The Morgan fingerprint density at radius 2 is 1.80 bits per heavy atom. The van der Waals surface area contributed by atoms with Crippen molar-refractivity contribution in [1.82, 2.24) is 14.7 Å². The normalized spacial score (nSPS) is 15.0. The summed E-state index contributed by atoms with van der Waals surface area (Å²) in [5, 5.41) is 6.81. The predicted octanol–water partition coefficient (Wildman–Crippen LogP) is 5.10. The van der Waals surface area contributed by atoms with Gasteiger partial charge in [0.1, 0.15) is 17.5 Å². The second kappa shape index (κ2) is 14.2. The quantitative estimate of drug-likeness (QED) is 0.507. The topological polar surface area (TPSA) is 85.4 Å². The summed E-state index contributed by atoms with van der Waals surface area (Å²) in [4.78, 5) is 13.1. The third-order valence-electron chi connectivity index (χ3n) is 5.32. The number of nitrogens with zero attached hydrogens (tertiary/aromatic N) is 3. The molecular weight excluding hydrogens is 452 g/mol. The van der Waals surface area contributed by atoms with Crippen LogP contribution in [0.3, 0.4) is 0 Å². The van der Waals surface area contributed by atoms with Gasteiger partial charge in [0.05, 0.1) is 18.0 Å². The van der Waals surface area contributed by atoms with E-state index in [4.69, 9.17) is 10.5 Å². The zero-order chi connectivity index (χ0) is 25.8. The first kappa shape index (κ1) is 27.9. The number of carbonyl (C=O) groups is 1. The summed E-state index contributed by atoms with van der Waals surface area (Å²) in [7, 11) is 1.68. The first-order chi connectivity index (χ1) is 16.9. The van der Waals surface area contributed by atoms with Gasteiger partial charge in [0.15, 0.2) is 0 Å². The fraction of sp³-hybridized carbons (Fsp3) is 0.385. The van der Waals surface area contributed by atoms with Gasteiger partial charge in [-0.05, 0) is 55.6 Å². The van der Waals surface area contributed by atoms with Gasteiger partial charge in [0.25, 0.3) is 0 Å². The number of ether oxygens (including phenoxy) is 1. The molecule has 1 fully saturated rings. The highest BCUT2D eigenvalue weighted by Gasteiger charge is 2.24. The van der Waals surface area contributed by atoms with E-state index < -0.39 is 17.7 Å². The molecule has 2 amide bonds. The van der Waals surface area contributed by atoms with E-state index in [-0.39, 0.29) is 5.92 Å². The Hall–Kier alpha value is -3.30. The third kappa shape index (κ3) is 8.77. The average Bonchev–Trinajstić information content (AvgIpc) is 3.45. The third-order valence-corrected chi connectivity index (χ3v) is 5.32. The van der Waals surface area contributed by atoms with E-state index in [0.717, 1.165) is 49.1 Å². The molecule has 9 heteroatoms. The molecule has 0 radical (unpaired) electrons. The average molecular weight is 488 g/mol. The summed E-state index contributed by atoms with van der Waals surface area (Å²) < 4.78 is 32.9. The highest BCUT2D eigenvalue weighted by Crippen LogP contribution is 2.28. The standard InChI is InChI=1S/C13H17F2NO.C11H12N4O.C2H6/c1-17-5-4-16-3-2-10(9-16)11-6-12(14)8-13(15)7-11;1-8-7-10(13-11(12)16)15(14-8)9-5-3-2-4-6-9;1-2/h6-8,10H,2-5,9H2,1H3;2-7H,1H3,(H3,12,13,16);1-2H3. The van der Waals surface area contributed by atoms with E-state index in [0.29, 0.717) is 12.4 Å². The summed E-state index contributed by atoms with van der Waals surface area (Å²) >= 11 is 0. The number of amides is 2. The van der Waals surface area contributed by atoms with E-state index in [1.807, 2.05) is 51.1 Å². The molecule has 4 rings (SSSR count). The van der Waals surface area contributed by atoms with Crippen LogP contribution < -0.4 is 11.1 Å². The summed E-state index contributed by atoms with van der Waals surface area (Å²) in [5.41, 5.74) is 7.54. The number of benzene rings is 2. The second-order valence-electron chi connectivity index (χ2n) is 7.89. The number of hydrogen-bond acceptors (Lipinski definition) is 4. The first-order valence-electron chi connectivity index (χ1n) is 11.7. The van der Waals surface area contributed by atoms with Crippen molar-refractivity contribution in [3.8, 4) is 5.69 Å². The number of nitrogens with one attached hydrogen (secondary N) is 1. The van der Waals surface area contributed by atoms with E-state index >= 15 is 0 Å². The van der Waals surface area contributed by atoms with Crippen molar-refractivity contribution in [2.24, 2.45) is 5.73 Å². The lowest BCUT2D eigenvalue weighted by atomic mass is 9.98. The minimum atomic E-state index is -0.600. The summed E-state index contributed by atoms with van der Waals surface area (Å²) in [5.74, 6) is -0.182. The van der Waals surface area contributed by atoms with Gasteiger partial charge in [-0.15, -0.1) is 0 Å². The van der Waals surface area contributed by atoms with Crippen molar-refractivity contribution in [1.29, 1.82) is 0 Å². The summed E-state index contributed by atoms with van der Waals surface area (Å²) in [6.45, 7) is 9.25. The Labute approximate surface area is 205 Å². The predicted molar refractivity (Wildman–Crippen MR) is 135 cm³/mol. The zero-order valence-electron chi connectivity index (χ0n) is 20.8. The molecular formula is C26H35F2N5O2. The highest BCUT2D eigenvalue weighted by atomic mass is 19.1. The minimum absolute atomic E-state index is 0.233. The van der Waals surface area contributed by atoms with Crippen molar-refractivity contribution in [2.45, 2.75) is 33.1 Å². The largest absolute Gasteiger partial charge is 0.383 e. The molecule has 0 bridgehead atoms. The molecule has 1 aromatic heterocycles. The fourth-order valence-corrected chi connectivity index (χ4v) is 3.82. The molecule has 1 unspecified atom stereocenters. The van der Waals surface area contributed by atoms with Crippen LogP contribution in [0.4, 0.5) is 19.4 Å². The molecule has 1 aliphatic heterocycles. The van der Waals surface area contributed by atoms with Crippen LogP contribution in [-0.4, -0.2) is 54.1 Å². The van der Waals surface area contributed by atoms with Crippen LogP contribution in [0.5, 0.6) is 0 Å². The highest BCUT2D eigenvalue weighted by molar-refractivity contribution is 5.87. The van der Waals surface area contributed by atoms with Crippen molar-refractivity contribution < 1.29 is 18.3 Å². The number of aryl methyl sites for hydroxylation is 1.